The Hall–Kier alpha value is -3.50. The Morgan fingerprint density at radius 3 is 2.58 bits per heavy atom. The Labute approximate surface area is 253 Å². The van der Waals surface area contributed by atoms with Crippen LogP contribution in [0.15, 0.2) is 29.2 Å². The van der Waals surface area contributed by atoms with E-state index >= 15 is 0 Å². The fourth-order valence-electron chi connectivity index (χ4n) is 7.84. The van der Waals surface area contributed by atoms with E-state index in [1.807, 2.05) is 13.0 Å². The standard InChI is InChI=1S/C33H43N7O3/c1-4-37-13-11-24(12-14-37)38-15-16-39-26(19-38)20-43-29-17-23(9-10-28(29)39)35-33-34-18-27-21(2)30(22(3)41)32(42)40(31(27)36-33)25-7-5-6-8-25/h9-10,17-18,24-26H,4-8,11-16,19-20H2,1-3H3,(H,34,35,36)/t26-/m1/s1. The van der Waals surface area contributed by atoms with Gasteiger partial charge in [-0.15, -0.1) is 0 Å². The van der Waals surface area contributed by atoms with E-state index in [0.29, 0.717) is 35.8 Å². The number of fused-ring (bicyclic) bond motifs is 4. The molecule has 1 aliphatic carbocycles. The number of ether oxygens (including phenoxy) is 1. The van der Waals surface area contributed by atoms with E-state index in [4.69, 9.17) is 9.72 Å². The number of rotatable bonds is 6. The maximum absolute atomic E-state index is 13.5. The molecular weight excluding hydrogens is 542 g/mol. The number of nitrogens with zero attached hydrogens (tertiary/aromatic N) is 6. The van der Waals surface area contributed by atoms with Crippen molar-refractivity contribution in [3.63, 3.8) is 0 Å². The lowest BCUT2D eigenvalue weighted by atomic mass is 9.99. The van der Waals surface area contributed by atoms with E-state index < -0.39 is 0 Å². The molecule has 2 aromatic heterocycles. The number of hydrogen-bond donors (Lipinski definition) is 1. The minimum atomic E-state index is -0.239. The van der Waals surface area contributed by atoms with Gasteiger partial charge in [0.05, 0.1) is 17.3 Å². The molecule has 0 amide bonds. The number of carbonyl (C=O) groups is 1. The van der Waals surface area contributed by atoms with Crippen LogP contribution in [0.25, 0.3) is 11.0 Å². The van der Waals surface area contributed by atoms with Crippen molar-refractivity contribution in [2.24, 2.45) is 0 Å². The number of carbonyl (C=O) groups excluding carboxylic acids is 1. The van der Waals surface area contributed by atoms with E-state index in [2.05, 4.69) is 44.1 Å². The predicted octanol–water partition coefficient (Wildman–Crippen LogP) is 4.53. The van der Waals surface area contributed by atoms with Gasteiger partial charge in [0, 0.05) is 55.1 Å². The van der Waals surface area contributed by atoms with Crippen LogP contribution in [-0.2, 0) is 0 Å². The molecule has 0 radical (unpaired) electrons. The zero-order valence-electron chi connectivity index (χ0n) is 25.6. The van der Waals surface area contributed by atoms with Gasteiger partial charge in [-0.25, -0.2) is 4.98 Å². The Kier molecular flexibility index (Phi) is 7.59. The minimum absolute atomic E-state index is 0.0474. The third-order valence-electron chi connectivity index (χ3n) is 10.2. The molecule has 0 unspecified atom stereocenters. The summed E-state index contributed by atoms with van der Waals surface area (Å²) in [6.45, 7) is 12.9. The third kappa shape index (κ3) is 5.18. The maximum Gasteiger partial charge on any atom is 0.263 e. The molecule has 4 aliphatic rings. The van der Waals surface area contributed by atoms with Crippen LogP contribution in [0.5, 0.6) is 5.75 Å². The van der Waals surface area contributed by atoms with Gasteiger partial charge in [0.15, 0.2) is 5.78 Å². The molecule has 2 saturated heterocycles. The fraction of sp³-hybridized carbons (Fsp3) is 0.576. The van der Waals surface area contributed by atoms with Gasteiger partial charge in [-0.1, -0.05) is 19.8 Å². The Morgan fingerprint density at radius 1 is 1.05 bits per heavy atom. The molecule has 7 rings (SSSR count). The lowest BCUT2D eigenvalue weighted by molar-refractivity contribution is 0.0810. The van der Waals surface area contributed by atoms with Crippen LogP contribution < -0.4 is 20.5 Å². The van der Waals surface area contributed by atoms with Crippen LogP contribution in [-0.4, -0.2) is 88.1 Å². The number of aromatic nitrogens is 3. The van der Waals surface area contributed by atoms with Crippen molar-refractivity contribution in [3.05, 3.63) is 45.9 Å². The highest BCUT2D eigenvalue weighted by atomic mass is 16.5. The summed E-state index contributed by atoms with van der Waals surface area (Å²) in [5.41, 5.74) is 3.23. The van der Waals surface area contributed by atoms with E-state index in [1.165, 1.54) is 32.9 Å². The van der Waals surface area contributed by atoms with Gasteiger partial charge in [-0.2, -0.15) is 4.98 Å². The topological polar surface area (TPSA) is 95.8 Å². The molecular formula is C33H43N7O3. The number of Topliss-reactive ketones (excluding diaryl/α,β-unsaturated/α-hetero) is 1. The number of ketones is 1. The maximum atomic E-state index is 13.5. The van der Waals surface area contributed by atoms with Crippen LogP contribution in [0.4, 0.5) is 17.3 Å². The number of piperazine rings is 1. The average molecular weight is 586 g/mol. The first-order valence-electron chi connectivity index (χ1n) is 16.1. The van der Waals surface area contributed by atoms with Gasteiger partial charge in [-0.05, 0) is 76.9 Å². The number of piperidine rings is 1. The molecule has 0 spiro atoms. The van der Waals surface area contributed by atoms with Crippen molar-refractivity contribution in [3.8, 4) is 5.75 Å². The number of nitrogens with one attached hydrogen (secondary N) is 1. The Bertz CT molecular complexity index is 1590. The van der Waals surface area contributed by atoms with Crippen LogP contribution >= 0.6 is 0 Å². The van der Waals surface area contributed by atoms with Crippen molar-refractivity contribution in [2.45, 2.75) is 77.4 Å². The van der Waals surface area contributed by atoms with Crippen LogP contribution in [0.2, 0.25) is 0 Å². The van der Waals surface area contributed by atoms with Crippen molar-refractivity contribution in [1.29, 1.82) is 0 Å². The van der Waals surface area contributed by atoms with E-state index in [0.717, 1.165) is 74.4 Å². The number of pyridine rings is 1. The van der Waals surface area contributed by atoms with Crippen molar-refractivity contribution in [1.82, 2.24) is 24.3 Å². The highest BCUT2D eigenvalue weighted by Gasteiger charge is 2.36. The molecule has 0 bridgehead atoms. The van der Waals surface area contributed by atoms with Crippen LogP contribution in [0, 0.1) is 6.92 Å². The van der Waals surface area contributed by atoms with Crippen LogP contribution in [0.1, 0.15) is 74.3 Å². The second kappa shape index (κ2) is 11.5. The van der Waals surface area contributed by atoms with E-state index in [1.54, 1.807) is 10.8 Å². The molecule has 10 nitrogen and oxygen atoms in total. The molecule has 228 valence electrons. The predicted molar refractivity (Wildman–Crippen MR) is 169 cm³/mol. The summed E-state index contributed by atoms with van der Waals surface area (Å²) in [6.07, 6.45) is 8.23. The molecule has 1 atom stereocenters. The van der Waals surface area contributed by atoms with Crippen LogP contribution in [0.3, 0.4) is 0 Å². The summed E-state index contributed by atoms with van der Waals surface area (Å²) < 4.78 is 8.08. The zero-order chi connectivity index (χ0) is 29.7. The lowest BCUT2D eigenvalue weighted by Crippen LogP contribution is -2.60. The van der Waals surface area contributed by atoms with Crippen molar-refractivity contribution >= 4 is 34.1 Å². The number of anilines is 3. The van der Waals surface area contributed by atoms with Gasteiger partial charge < -0.3 is 19.9 Å². The molecule has 10 heteroatoms. The molecule has 5 heterocycles. The fourth-order valence-corrected chi connectivity index (χ4v) is 7.84. The first-order chi connectivity index (χ1) is 20.9. The second-order valence-electron chi connectivity index (χ2n) is 12.7. The summed E-state index contributed by atoms with van der Waals surface area (Å²) in [7, 11) is 0. The van der Waals surface area contributed by atoms with Gasteiger partial charge in [0.25, 0.3) is 5.56 Å². The quantitative estimate of drug-likeness (QED) is 0.419. The SMILES string of the molecule is CCN1CCC(N2CCN3c4ccc(Nc5ncc6c(C)c(C(C)=O)c(=O)n(C7CCCC7)c6n5)cc4OC[C@H]3C2)CC1. The summed E-state index contributed by atoms with van der Waals surface area (Å²) in [6, 6.07) is 7.31. The first kappa shape index (κ1) is 28.3. The smallest absolute Gasteiger partial charge is 0.263 e. The van der Waals surface area contributed by atoms with Gasteiger partial charge in [0.2, 0.25) is 5.95 Å². The van der Waals surface area contributed by atoms with Gasteiger partial charge in [-0.3, -0.25) is 19.1 Å². The molecule has 3 aliphatic heterocycles. The third-order valence-corrected chi connectivity index (χ3v) is 10.2. The van der Waals surface area contributed by atoms with E-state index in [9.17, 15) is 9.59 Å². The average Bonchev–Trinajstić information content (AvgIpc) is 3.55. The number of benzene rings is 1. The van der Waals surface area contributed by atoms with Gasteiger partial charge >= 0.3 is 0 Å². The summed E-state index contributed by atoms with van der Waals surface area (Å²) in [4.78, 5) is 43.2. The van der Waals surface area contributed by atoms with Crippen molar-refractivity contribution < 1.29 is 9.53 Å². The zero-order valence-corrected chi connectivity index (χ0v) is 25.6. The minimum Gasteiger partial charge on any atom is -0.489 e. The monoisotopic (exact) mass is 585 g/mol. The molecule has 3 aromatic rings. The second-order valence-corrected chi connectivity index (χ2v) is 12.7. The Balaban J connectivity index is 1.11. The number of aryl methyl sites for hydroxylation is 1. The summed E-state index contributed by atoms with van der Waals surface area (Å²) in [5.74, 6) is 1.08. The molecule has 43 heavy (non-hydrogen) atoms. The molecule has 1 saturated carbocycles. The first-order valence-corrected chi connectivity index (χ1v) is 16.1. The van der Waals surface area contributed by atoms with E-state index in [-0.39, 0.29) is 22.9 Å². The molecule has 1 aromatic carbocycles. The highest BCUT2D eigenvalue weighted by Crippen LogP contribution is 2.39. The Morgan fingerprint density at radius 2 is 1.84 bits per heavy atom. The van der Waals surface area contributed by atoms with Crippen molar-refractivity contribution in [2.75, 3.05) is 56.1 Å². The largest absolute Gasteiger partial charge is 0.489 e. The number of hydrogen-bond acceptors (Lipinski definition) is 9. The summed E-state index contributed by atoms with van der Waals surface area (Å²) in [5, 5.41) is 4.10. The van der Waals surface area contributed by atoms with Gasteiger partial charge in [0.1, 0.15) is 18.0 Å². The normalized spacial score (nSPS) is 21.9. The molecule has 1 N–H and O–H groups in total. The number of likely N-dealkylation sites (tertiary alicyclic amines) is 1. The summed E-state index contributed by atoms with van der Waals surface area (Å²) >= 11 is 0. The highest BCUT2D eigenvalue weighted by molar-refractivity contribution is 5.99. The molecule has 3 fully saturated rings. The lowest BCUT2D eigenvalue weighted by Gasteiger charge is -2.49.